The van der Waals surface area contributed by atoms with E-state index in [1.807, 2.05) is 24.3 Å². The van der Waals surface area contributed by atoms with Crippen LogP contribution in [-0.2, 0) is 0 Å². The molecule has 23 heavy (non-hydrogen) atoms. The summed E-state index contributed by atoms with van der Waals surface area (Å²) in [6, 6.07) is 10.1. The van der Waals surface area contributed by atoms with Gasteiger partial charge in [-0.2, -0.15) is 4.39 Å². The molecule has 3 nitrogen and oxygen atoms in total. The Morgan fingerprint density at radius 1 is 1.13 bits per heavy atom. The number of fused-ring (bicyclic) bond motifs is 1. The van der Waals surface area contributed by atoms with E-state index >= 15 is 0 Å². The van der Waals surface area contributed by atoms with Gasteiger partial charge in [-0.3, -0.25) is 0 Å². The average Bonchev–Trinajstić information content (AvgIpc) is 2.99. The van der Waals surface area contributed by atoms with Crippen LogP contribution < -0.4 is 4.74 Å². The molecule has 0 aliphatic carbocycles. The zero-order valence-electron chi connectivity index (χ0n) is 12.9. The summed E-state index contributed by atoms with van der Waals surface area (Å²) >= 11 is 0. The van der Waals surface area contributed by atoms with Gasteiger partial charge in [0, 0.05) is 5.56 Å². The Kier molecular flexibility index (Phi) is 4.55. The Morgan fingerprint density at radius 3 is 2.74 bits per heavy atom. The first-order valence-corrected chi connectivity index (χ1v) is 7.76. The number of aromatic amines is 1. The number of nitrogens with one attached hydrogen (secondary N) is 1. The first-order valence-electron chi connectivity index (χ1n) is 7.76. The molecular formula is C18H18F2N2O. The third-order valence-corrected chi connectivity index (χ3v) is 3.66. The van der Waals surface area contributed by atoms with Crippen LogP contribution in [0.5, 0.6) is 5.75 Å². The maximum Gasteiger partial charge on any atom is 0.200 e. The maximum absolute atomic E-state index is 13.9. The van der Waals surface area contributed by atoms with Crippen molar-refractivity contribution >= 4 is 11.0 Å². The first kappa shape index (κ1) is 15.5. The fourth-order valence-corrected chi connectivity index (χ4v) is 2.43. The molecule has 1 heterocycles. The van der Waals surface area contributed by atoms with Crippen LogP contribution in [-0.4, -0.2) is 16.6 Å². The summed E-state index contributed by atoms with van der Waals surface area (Å²) in [6.07, 6.45) is 2.85. The molecule has 120 valence electrons. The van der Waals surface area contributed by atoms with Gasteiger partial charge in [-0.05, 0) is 30.7 Å². The first-order chi connectivity index (χ1) is 11.2. The molecule has 0 amide bonds. The molecule has 0 radical (unpaired) electrons. The number of hydrogen-bond donors (Lipinski definition) is 1. The van der Waals surface area contributed by atoms with Crippen LogP contribution in [0.4, 0.5) is 8.78 Å². The Hall–Kier alpha value is -2.43. The third-order valence-electron chi connectivity index (χ3n) is 3.66. The molecule has 0 aliphatic rings. The van der Waals surface area contributed by atoms with Crippen LogP contribution >= 0.6 is 0 Å². The summed E-state index contributed by atoms with van der Waals surface area (Å²) < 4.78 is 33.1. The van der Waals surface area contributed by atoms with Gasteiger partial charge >= 0.3 is 0 Å². The number of rotatable bonds is 6. The van der Waals surface area contributed by atoms with Crippen molar-refractivity contribution in [2.24, 2.45) is 0 Å². The number of ether oxygens (including phenoxy) is 1. The number of para-hydroxylation sites is 2. The van der Waals surface area contributed by atoms with Gasteiger partial charge in [0.1, 0.15) is 5.82 Å². The highest BCUT2D eigenvalue weighted by atomic mass is 19.2. The lowest BCUT2D eigenvalue weighted by Crippen LogP contribution is -2.01. The van der Waals surface area contributed by atoms with Crippen LogP contribution in [0, 0.1) is 11.6 Å². The largest absolute Gasteiger partial charge is 0.490 e. The fourth-order valence-electron chi connectivity index (χ4n) is 2.43. The smallest absolute Gasteiger partial charge is 0.200 e. The lowest BCUT2D eigenvalue weighted by atomic mass is 10.2. The number of halogens is 2. The molecule has 0 fully saturated rings. The number of imidazole rings is 1. The van der Waals surface area contributed by atoms with Gasteiger partial charge in [0.05, 0.1) is 17.6 Å². The van der Waals surface area contributed by atoms with Crippen molar-refractivity contribution in [2.45, 2.75) is 26.2 Å². The number of aromatic nitrogens is 2. The van der Waals surface area contributed by atoms with E-state index < -0.39 is 11.6 Å². The highest BCUT2D eigenvalue weighted by Gasteiger charge is 2.15. The van der Waals surface area contributed by atoms with Crippen molar-refractivity contribution in [3.8, 4) is 17.1 Å². The molecule has 0 unspecified atom stereocenters. The molecule has 0 atom stereocenters. The van der Waals surface area contributed by atoms with E-state index in [4.69, 9.17) is 4.74 Å². The van der Waals surface area contributed by atoms with Crippen LogP contribution in [0.3, 0.4) is 0 Å². The number of hydrogen-bond acceptors (Lipinski definition) is 2. The minimum absolute atomic E-state index is 0.0726. The number of unbranched alkanes of at least 4 members (excludes halogenated alkanes) is 2. The van der Waals surface area contributed by atoms with Crippen molar-refractivity contribution in [2.75, 3.05) is 6.61 Å². The van der Waals surface area contributed by atoms with Crippen molar-refractivity contribution in [1.29, 1.82) is 0 Å². The zero-order valence-corrected chi connectivity index (χ0v) is 12.9. The third kappa shape index (κ3) is 3.33. The molecule has 1 aromatic heterocycles. The molecule has 3 aromatic rings. The van der Waals surface area contributed by atoms with E-state index in [1.54, 1.807) is 0 Å². The van der Waals surface area contributed by atoms with Crippen molar-refractivity contribution in [3.05, 3.63) is 48.0 Å². The van der Waals surface area contributed by atoms with Gasteiger partial charge in [0.25, 0.3) is 0 Å². The second kappa shape index (κ2) is 6.77. The molecule has 0 saturated heterocycles. The Labute approximate surface area is 133 Å². The maximum atomic E-state index is 13.9. The minimum atomic E-state index is -0.957. The standard InChI is InChI=1S/C18H18F2N2O/c1-2-3-6-9-23-16-11-12(10-13(19)17(16)20)18-21-14-7-4-5-8-15(14)22-18/h4-5,7-8,10-11H,2-3,6,9H2,1H3,(H,21,22). The SMILES string of the molecule is CCCCCOc1cc(-c2nc3ccccc3[nH]2)cc(F)c1F. The van der Waals surface area contributed by atoms with Crippen LogP contribution in [0.2, 0.25) is 0 Å². The highest BCUT2D eigenvalue weighted by molar-refractivity contribution is 5.79. The molecule has 3 rings (SSSR count). The fraction of sp³-hybridized carbons (Fsp3) is 0.278. The molecule has 1 N–H and O–H groups in total. The van der Waals surface area contributed by atoms with E-state index in [0.29, 0.717) is 18.0 Å². The average molecular weight is 316 g/mol. The lowest BCUT2D eigenvalue weighted by molar-refractivity contribution is 0.286. The van der Waals surface area contributed by atoms with Gasteiger partial charge in [-0.1, -0.05) is 31.9 Å². The topological polar surface area (TPSA) is 37.9 Å². The normalized spacial score (nSPS) is 11.1. The number of nitrogens with zero attached hydrogens (tertiary/aromatic N) is 1. The summed E-state index contributed by atoms with van der Waals surface area (Å²) in [6.45, 7) is 2.44. The van der Waals surface area contributed by atoms with Gasteiger partial charge in [-0.25, -0.2) is 9.37 Å². The van der Waals surface area contributed by atoms with Crippen molar-refractivity contribution < 1.29 is 13.5 Å². The molecule has 0 aliphatic heterocycles. The highest BCUT2D eigenvalue weighted by Crippen LogP contribution is 2.28. The summed E-state index contributed by atoms with van der Waals surface area (Å²) in [7, 11) is 0. The summed E-state index contributed by atoms with van der Waals surface area (Å²) in [5.74, 6) is -1.48. The van der Waals surface area contributed by atoms with Crippen LogP contribution in [0.15, 0.2) is 36.4 Å². The van der Waals surface area contributed by atoms with Crippen molar-refractivity contribution in [1.82, 2.24) is 9.97 Å². The Morgan fingerprint density at radius 2 is 1.96 bits per heavy atom. The summed E-state index contributed by atoms with van der Waals surface area (Å²) in [5.41, 5.74) is 2.08. The zero-order chi connectivity index (χ0) is 16.2. The molecule has 2 aromatic carbocycles. The predicted molar refractivity (Wildman–Crippen MR) is 86.5 cm³/mol. The summed E-state index contributed by atoms with van der Waals surface area (Å²) in [5, 5.41) is 0. The molecule has 0 bridgehead atoms. The molecule has 0 spiro atoms. The Bertz CT molecular complexity index is 781. The molecular weight excluding hydrogens is 298 g/mol. The minimum Gasteiger partial charge on any atom is -0.490 e. The van der Waals surface area contributed by atoms with Gasteiger partial charge in [0.2, 0.25) is 5.82 Å². The van der Waals surface area contributed by atoms with Gasteiger partial charge in [0.15, 0.2) is 11.6 Å². The molecule has 0 saturated carbocycles. The summed E-state index contributed by atoms with van der Waals surface area (Å²) in [4.78, 5) is 7.51. The van der Waals surface area contributed by atoms with E-state index in [9.17, 15) is 8.78 Å². The van der Waals surface area contributed by atoms with E-state index in [2.05, 4.69) is 16.9 Å². The van der Waals surface area contributed by atoms with E-state index in [0.717, 1.165) is 36.4 Å². The second-order valence-electron chi connectivity index (χ2n) is 5.43. The van der Waals surface area contributed by atoms with Crippen LogP contribution in [0.25, 0.3) is 22.4 Å². The predicted octanol–water partition coefficient (Wildman–Crippen LogP) is 5.08. The van der Waals surface area contributed by atoms with Gasteiger partial charge in [-0.15, -0.1) is 0 Å². The van der Waals surface area contributed by atoms with Gasteiger partial charge < -0.3 is 9.72 Å². The van der Waals surface area contributed by atoms with Crippen molar-refractivity contribution in [3.63, 3.8) is 0 Å². The molecule has 5 heteroatoms. The quantitative estimate of drug-likeness (QED) is 0.644. The lowest BCUT2D eigenvalue weighted by Gasteiger charge is -2.09. The Balaban J connectivity index is 1.91. The van der Waals surface area contributed by atoms with E-state index in [-0.39, 0.29) is 5.75 Å². The number of H-pyrrole nitrogens is 1. The monoisotopic (exact) mass is 316 g/mol. The van der Waals surface area contributed by atoms with E-state index in [1.165, 1.54) is 6.07 Å². The second-order valence-corrected chi connectivity index (χ2v) is 5.43. The number of benzene rings is 2. The van der Waals surface area contributed by atoms with Crippen LogP contribution in [0.1, 0.15) is 26.2 Å².